The van der Waals surface area contributed by atoms with Gasteiger partial charge in [0.1, 0.15) is 30.4 Å². The number of carbonyl (C=O) groups excluding carboxylic acids is 4. The molecule has 0 bridgehead atoms. The molecule has 1 fully saturated rings. The number of esters is 1. The van der Waals surface area contributed by atoms with Gasteiger partial charge in [-0.15, -0.1) is 0 Å². The molecule has 15 nitrogen and oxygen atoms in total. The molecule has 3 amide bonds. The summed E-state index contributed by atoms with van der Waals surface area (Å²) in [6.07, 6.45) is -6.07. The van der Waals surface area contributed by atoms with E-state index in [0.717, 1.165) is 18.2 Å². The average molecular weight is 549 g/mol. The lowest BCUT2D eigenvalue weighted by atomic mass is 9.94. The second-order valence-corrected chi connectivity index (χ2v) is 9.09. The Morgan fingerprint density at radius 2 is 1.82 bits per heavy atom. The number of carboxylic acid groups (broad SMARTS) is 1. The van der Waals surface area contributed by atoms with E-state index in [1.165, 1.54) is 13.8 Å². The van der Waals surface area contributed by atoms with Crippen LogP contribution in [0.1, 0.15) is 53.4 Å². The van der Waals surface area contributed by atoms with E-state index in [1.54, 1.807) is 0 Å². The molecular weight excluding hydrogens is 508 g/mol. The molecule has 1 heterocycles. The van der Waals surface area contributed by atoms with Crippen molar-refractivity contribution >= 4 is 29.7 Å². The normalized spacial score (nSPS) is 25.5. The molecule has 15 heteroatoms. The first kappa shape index (κ1) is 33.2. The molecule has 0 aromatic heterocycles. The van der Waals surface area contributed by atoms with E-state index >= 15 is 0 Å². The van der Waals surface area contributed by atoms with Gasteiger partial charge in [0.05, 0.1) is 19.3 Å². The van der Waals surface area contributed by atoms with Crippen LogP contribution < -0.4 is 16.8 Å². The maximum atomic E-state index is 13.2. The highest BCUT2D eigenvalue weighted by molar-refractivity contribution is 5.90. The highest BCUT2D eigenvalue weighted by Crippen LogP contribution is 2.27. The molecule has 0 aromatic carbocycles. The fraction of sp³-hybridized carbons (Fsp3) is 0.783. The van der Waals surface area contributed by atoms with Crippen molar-refractivity contribution in [3.63, 3.8) is 0 Å². The van der Waals surface area contributed by atoms with E-state index in [2.05, 4.69) is 5.32 Å². The van der Waals surface area contributed by atoms with Gasteiger partial charge in [-0.25, -0.2) is 9.59 Å². The highest BCUT2D eigenvalue weighted by atomic mass is 16.6. The van der Waals surface area contributed by atoms with Gasteiger partial charge in [0, 0.05) is 13.3 Å². The number of aliphatic hydroxyl groups excluding tert-OH is 2. The van der Waals surface area contributed by atoms with E-state index in [1.807, 2.05) is 6.92 Å². The maximum Gasteiger partial charge on any atom is 0.332 e. The van der Waals surface area contributed by atoms with Crippen LogP contribution in [0.5, 0.6) is 0 Å². The lowest BCUT2D eigenvalue weighted by molar-refractivity contribution is -0.245. The quantitative estimate of drug-likeness (QED) is 0.0925. The zero-order valence-electron chi connectivity index (χ0n) is 22.1. The van der Waals surface area contributed by atoms with Crippen LogP contribution in [0.25, 0.3) is 0 Å². The van der Waals surface area contributed by atoms with Crippen LogP contribution >= 0.6 is 0 Å². The first-order valence-electron chi connectivity index (χ1n) is 12.4. The van der Waals surface area contributed by atoms with Crippen LogP contribution in [-0.4, -0.2) is 112 Å². The van der Waals surface area contributed by atoms with Gasteiger partial charge in [-0.2, -0.15) is 0 Å². The molecule has 0 aliphatic carbocycles. The maximum absolute atomic E-state index is 13.2. The molecule has 0 radical (unpaired) electrons. The molecule has 0 aromatic rings. The Morgan fingerprint density at radius 3 is 2.32 bits per heavy atom. The summed E-state index contributed by atoms with van der Waals surface area (Å²) in [5.41, 5.74) is 11.4. The molecule has 1 rings (SSSR count). The van der Waals surface area contributed by atoms with E-state index in [-0.39, 0.29) is 19.4 Å². The summed E-state index contributed by atoms with van der Waals surface area (Å²) in [7, 11) is 0. The first-order valence-corrected chi connectivity index (χ1v) is 12.4. The monoisotopic (exact) mass is 548 g/mol. The van der Waals surface area contributed by atoms with Crippen LogP contribution in [0.4, 0.5) is 0 Å². The average Bonchev–Trinajstić information content (AvgIpc) is 2.84. The van der Waals surface area contributed by atoms with Crippen molar-refractivity contribution in [3.8, 4) is 0 Å². The summed E-state index contributed by atoms with van der Waals surface area (Å²) in [5.74, 6) is -4.32. The number of hydrogen-bond acceptors (Lipinski definition) is 11. The summed E-state index contributed by atoms with van der Waals surface area (Å²) in [4.78, 5) is 61.8. The van der Waals surface area contributed by atoms with Crippen molar-refractivity contribution in [1.82, 2.24) is 10.2 Å². The molecule has 218 valence electrons. The Labute approximate surface area is 220 Å². The van der Waals surface area contributed by atoms with Gasteiger partial charge < -0.3 is 51.2 Å². The van der Waals surface area contributed by atoms with Crippen molar-refractivity contribution in [2.45, 2.75) is 102 Å². The molecule has 38 heavy (non-hydrogen) atoms. The Kier molecular flexibility index (Phi) is 13.6. The van der Waals surface area contributed by atoms with Gasteiger partial charge in [0.2, 0.25) is 17.7 Å². The van der Waals surface area contributed by atoms with Gasteiger partial charge in [0.15, 0.2) is 12.3 Å². The molecule has 0 saturated carbocycles. The number of nitrogens with two attached hydrogens (primary N) is 2. The number of rotatable bonds is 15. The number of primary amides is 1. The second-order valence-electron chi connectivity index (χ2n) is 9.09. The topological polar surface area (TPSA) is 241 Å². The van der Waals surface area contributed by atoms with Crippen LogP contribution in [0, 0.1) is 0 Å². The minimum absolute atomic E-state index is 0.110. The van der Waals surface area contributed by atoms with Gasteiger partial charge >= 0.3 is 11.9 Å². The summed E-state index contributed by atoms with van der Waals surface area (Å²) in [6, 6.07) is -3.88. The van der Waals surface area contributed by atoms with Crippen LogP contribution in [-0.2, 0) is 38.2 Å². The predicted octanol–water partition coefficient (Wildman–Crippen LogP) is -2.42. The van der Waals surface area contributed by atoms with Crippen LogP contribution in [0.15, 0.2) is 0 Å². The summed E-state index contributed by atoms with van der Waals surface area (Å²) in [6.45, 7) is 4.95. The third-order valence-corrected chi connectivity index (χ3v) is 6.09. The second kappa shape index (κ2) is 15.5. The third-order valence-electron chi connectivity index (χ3n) is 6.09. The van der Waals surface area contributed by atoms with E-state index in [9.17, 15) is 39.3 Å². The Morgan fingerprint density at radius 1 is 1.18 bits per heavy atom. The molecule has 0 spiro atoms. The number of amides is 3. The number of unbranched alkanes of at least 4 members (excludes halogenated alkanes) is 1. The zero-order valence-corrected chi connectivity index (χ0v) is 22.1. The molecule has 1 aliphatic heterocycles. The lowest BCUT2D eigenvalue weighted by Gasteiger charge is -2.48. The van der Waals surface area contributed by atoms with Crippen molar-refractivity contribution in [2.75, 3.05) is 13.2 Å². The van der Waals surface area contributed by atoms with Gasteiger partial charge in [0.25, 0.3) is 0 Å². The van der Waals surface area contributed by atoms with Gasteiger partial charge in [-0.05, 0) is 26.7 Å². The summed E-state index contributed by atoms with van der Waals surface area (Å²) >= 11 is 0. The summed E-state index contributed by atoms with van der Waals surface area (Å²) in [5, 5.41) is 31.9. The first-order chi connectivity index (χ1) is 17.8. The number of ether oxygens (including phenoxy) is 3. The minimum Gasteiger partial charge on any atom is -0.479 e. The number of carbonyl (C=O) groups is 5. The number of nitrogens with zero attached hydrogens (tertiary/aromatic N) is 1. The standard InChI is InChI=1S/C23H40N4O11/c1-5-6-9-36-23(35)14(7-8-16(24)30)26-20(32)11(2)27(13(4)29)21-17(25)19(37-12(3)22(33)34)18(31)15(10-28)38-21/h11-12,14-15,17-19,21,28,31H,5-10,25H2,1-4H3,(H2,24,30)(H,26,32)(H,33,34)/t11?,12?,14?,15-,17-,18-,19-,21?/m1/s1. The Hall–Kier alpha value is -2.85. The minimum atomic E-state index is -1.54. The molecule has 1 aliphatic rings. The van der Waals surface area contributed by atoms with E-state index in [4.69, 9.17) is 25.7 Å². The number of nitrogens with one attached hydrogen (secondary N) is 1. The molecule has 8 atom stereocenters. The predicted molar refractivity (Wildman–Crippen MR) is 130 cm³/mol. The van der Waals surface area contributed by atoms with Crippen molar-refractivity contribution < 1.29 is 53.5 Å². The fourth-order valence-electron chi connectivity index (χ4n) is 3.86. The highest BCUT2D eigenvalue weighted by Gasteiger charge is 2.49. The number of carboxylic acids is 1. The summed E-state index contributed by atoms with van der Waals surface area (Å²) < 4.78 is 16.2. The van der Waals surface area contributed by atoms with Gasteiger partial charge in [-0.3, -0.25) is 14.4 Å². The smallest absolute Gasteiger partial charge is 0.332 e. The Bertz CT molecular complexity index is 842. The SMILES string of the molecule is CCCCOC(=O)C(CCC(N)=O)NC(=O)C(C)N(C(C)=O)C1O[C@H](CO)[C@@H](O)[C@H](OC(C)C(=O)O)[C@H]1N. The largest absolute Gasteiger partial charge is 0.479 e. The lowest BCUT2D eigenvalue weighted by Crippen LogP contribution is -2.70. The third kappa shape index (κ3) is 9.16. The zero-order chi connectivity index (χ0) is 29.2. The molecule has 4 unspecified atom stereocenters. The van der Waals surface area contributed by atoms with E-state index in [0.29, 0.717) is 6.42 Å². The van der Waals surface area contributed by atoms with Crippen molar-refractivity contribution in [3.05, 3.63) is 0 Å². The van der Waals surface area contributed by atoms with Gasteiger partial charge in [-0.1, -0.05) is 13.3 Å². The molecule has 8 N–H and O–H groups in total. The molecular formula is C23H40N4O11. The molecule has 1 saturated heterocycles. The van der Waals surface area contributed by atoms with Crippen molar-refractivity contribution in [2.24, 2.45) is 11.5 Å². The van der Waals surface area contributed by atoms with E-state index < -0.39 is 85.0 Å². The fourth-order valence-corrected chi connectivity index (χ4v) is 3.86. The van der Waals surface area contributed by atoms with Crippen molar-refractivity contribution in [1.29, 1.82) is 0 Å². The van der Waals surface area contributed by atoms with Crippen LogP contribution in [0.3, 0.4) is 0 Å². The van der Waals surface area contributed by atoms with Crippen LogP contribution in [0.2, 0.25) is 0 Å². The Balaban J connectivity index is 3.19. The number of aliphatic carboxylic acids is 1. The number of aliphatic hydroxyl groups is 2. The number of hydrogen-bond donors (Lipinski definition) is 6.